The summed E-state index contributed by atoms with van der Waals surface area (Å²) in [4.78, 5) is 5.91. The van der Waals surface area contributed by atoms with E-state index in [1.807, 2.05) is 0 Å². The lowest BCUT2D eigenvalue weighted by atomic mass is 9.95. The third-order valence-corrected chi connectivity index (χ3v) is 4.42. The van der Waals surface area contributed by atoms with Crippen molar-refractivity contribution in [3.05, 3.63) is 51.0 Å². The van der Waals surface area contributed by atoms with Gasteiger partial charge >= 0.3 is 0 Å². The summed E-state index contributed by atoms with van der Waals surface area (Å²) in [6, 6.07) is 8.66. The zero-order valence-electron chi connectivity index (χ0n) is 11.2. The zero-order chi connectivity index (χ0) is 13.1. The second-order valence-corrected chi connectivity index (χ2v) is 6.08. The Morgan fingerprint density at radius 3 is 2.33 bits per heavy atom. The van der Waals surface area contributed by atoms with Crippen molar-refractivity contribution >= 4 is 11.3 Å². The first-order chi connectivity index (χ1) is 8.60. The molecule has 0 aliphatic heterocycles. The minimum Gasteiger partial charge on any atom is -0.330 e. The fourth-order valence-corrected chi connectivity index (χ4v) is 3.03. The van der Waals surface area contributed by atoms with Gasteiger partial charge in [0.15, 0.2) is 0 Å². The standard InChI is InChI=1S/C15H20N2S/c1-10-4-6-13(7-5-10)14(9-16)8-15-17-11(2)12(3)18-15/h4-7,14H,8-9,16H2,1-3H3. The van der Waals surface area contributed by atoms with E-state index in [4.69, 9.17) is 5.73 Å². The largest absolute Gasteiger partial charge is 0.330 e. The highest BCUT2D eigenvalue weighted by Crippen LogP contribution is 2.24. The monoisotopic (exact) mass is 260 g/mol. The Bertz CT molecular complexity index is 494. The Labute approximate surface area is 113 Å². The van der Waals surface area contributed by atoms with Gasteiger partial charge in [-0.3, -0.25) is 0 Å². The third kappa shape index (κ3) is 2.98. The van der Waals surface area contributed by atoms with Crippen LogP contribution in [-0.2, 0) is 6.42 Å². The lowest BCUT2D eigenvalue weighted by molar-refractivity contribution is 0.690. The van der Waals surface area contributed by atoms with Gasteiger partial charge in [-0.05, 0) is 32.9 Å². The van der Waals surface area contributed by atoms with Crippen LogP contribution in [-0.4, -0.2) is 11.5 Å². The number of rotatable bonds is 4. The molecule has 1 atom stereocenters. The van der Waals surface area contributed by atoms with E-state index in [1.54, 1.807) is 11.3 Å². The van der Waals surface area contributed by atoms with E-state index in [0.717, 1.165) is 12.1 Å². The van der Waals surface area contributed by atoms with Crippen molar-refractivity contribution in [2.45, 2.75) is 33.1 Å². The van der Waals surface area contributed by atoms with Crippen molar-refractivity contribution in [3.63, 3.8) is 0 Å². The van der Waals surface area contributed by atoms with Crippen molar-refractivity contribution in [2.75, 3.05) is 6.54 Å². The van der Waals surface area contributed by atoms with Gasteiger partial charge in [-0.15, -0.1) is 11.3 Å². The molecule has 3 heteroatoms. The summed E-state index contributed by atoms with van der Waals surface area (Å²) in [7, 11) is 0. The zero-order valence-corrected chi connectivity index (χ0v) is 12.1. The van der Waals surface area contributed by atoms with Crippen LogP contribution in [0.2, 0.25) is 0 Å². The molecule has 0 aliphatic carbocycles. The average Bonchev–Trinajstić information content (AvgIpc) is 2.67. The van der Waals surface area contributed by atoms with Crippen molar-refractivity contribution < 1.29 is 0 Å². The lowest BCUT2D eigenvalue weighted by Crippen LogP contribution is -2.15. The Morgan fingerprint density at radius 1 is 1.17 bits per heavy atom. The van der Waals surface area contributed by atoms with Gasteiger partial charge in [-0.2, -0.15) is 0 Å². The highest BCUT2D eigenvalue weighted by atomic mass is 32.1. The first-order valence-electron chi connectivity index (χ1n) is 6.29. The molecule has 1 unspecified atom stereocenters. The summed E-state index contributed by atoms with van der Waals surface area (Å²) in [5.41, 5.74) is 9.66. The second-order valence-electron chi connectivity index (χ2n) is 4.80. The van der Waals surface area contributed by atoms with Gasteiger partial charge < -0.3 is 5.73 Å². The number of thiazole rings is 1. The fraction of sp³-hybridized carbons (Fsp3) is 0.400. The number of hydrogen-bond acceptors (Lipinski definition) is 3. The molecule has 96 valence electrons. The molecule has 0 amide bonds. The van der Waals surface area contributed by atoms with Gasteiger partial charge in [-0.1, -0.05) is 29.8 Å². The summed E-state index contributed by atoms with van der Waals surface area (Å²) in [6.07, 6.45) is 0.943. The molecule has 2 aromatic rings. The van der Waals surface area contributed by atoms with Gasteiger partial charge in [0.25, 0.3) is 0 Å². The van der Waals surface area contributed by atoms with Gasteiger partial charge in [0, 0.05) is 17.2 Å². The lowest BCUT2D eigenvalue weighted by Gasteiger charge is -2.13. The summed E-state index contributed by atoms with van der Waals surface area (Å²) < 4.78 is 0. The predicted molar refractivity (Wildman–Crippen MR) is 78.3 cm³/mol. The molecule has 1 heterocycles. The van der Waals surface area contributed by atoms with Crippen LogP contribution in [0.4, 0.5) is 0 Å². The van der Waals surface area contributed by atoms with Crippen LogP contribution in [0.5, 0.6) is 0 Å². The molecule has 0 fully saturated rings. The number of benzene rings is 1. The van der Waals surface area contributed by atoms with E-state index in [9.17, 15) is 0 Å². The maximum atomic E-state index is 5.91. The minimum absolute atomic E-state index is 0.371. The molecule has 0 saturated carbocycles. The van der Waals surface area contributed by atoms with E-state index in [2.05, 4.69) is 50.0 Å². The molecule has 2 rings (SSSR count). The van der Waals surface area contributed by atoms with E-state index >= 15 is 0 Å². The predicted octanol–water partition coefficient (Wildman–Crippen LogP) is 3.35. The van der Waals surface area contributed by atoms with E-state index in [0.29, 0.717) is 12.5 Å². The summed E-state index contributed by atoms with van der Waals surface area (Å²) in [5, 5.41) is 1.20. The summed E-state index contributed by atoms with van der Waals surface area (Å²) in [6.45, 7) is 6.97. The third-order valence-electron chi connectivity index (χ3n) is 3.33. The van der Waals surface area contributed by atoms with Crippen LogP contribution in [0.3, 0.4) is 0 Å². The van der Waals surface area contributed by atoms with Gasteiger partial charge in [0.1, 0.15) is 0 Å². The molecular weight excluding hydrogens is 240 g/mol. The first-order valence-corrected chi connectivity index (χ1v) is 7.11. The van der Waals surface area contributed by atoms with Crippen LogP contribution < -0.4 is 5.73 Å². The van der Waals surface area contributed by atoms with Gasteiger partial charge in [0.2, 0.25) is 0 Å². The quantitative estimate of drug-likeness (QED) is 0.915. The van der Waals surface area contributed by atoms with Crippen LogP contribution in [0.1, 0.15) is 32.6 Å². The molecule has 18 heavy (non-hydrogen) atoms. The molecule has 0 radical (unpaired) electrons. The van der Waals surface area contributed by atoms with Gasteiger partial charge in [-0.25, -0.2) is 4.98 Å². The summed E-state index contributed by atoms with van der Waals surface area (Å²) >= 11 is 1.79. The van der Waals surface area contributed by atoms with E-state index in [1.165, 1.54) is 21.0 Å². The molecule has 2 nitrogen and oxygen atoms in total. The Kier molecular flexibility index (Phi) is 4.15. The van der Waals surface area contributed by atoms with Crippen LogP contribution >= 0.6 is 11.3 Å². The topological polar surface area (TPSA) is 38.9 Å². The number of nitrogens with zero attached hydrogens (tertiary/aromatic N) is 1. The second kappa shape index (κ2) is 5.63. The normalized spacial score (nSPS) is 12.7. The van der Waals surface area contributed by atoms with Crippen molar-refractivity contribution in [2.24, 2.45) is 5.73 Å². The van der Waals surface area contributed by atoms with Crippen molar-refractivity contribution in [1.82, 2.24) is 4.98 Å². The Hall–Kier alpha value is -1.19. The molecular formula is C15H20N2S. The fourth-order valence-electron chi connectivity index (χ4n) is 2.01. The highest BCUT2D eigenvalue weighted by Gasteiger charge is 2.13. The van der Waals surface area contributed by atoms with Crippen molar-refractivity contribution in [3.8, 4) is 0 Å². The van der Waals surface area contributed by atoms with Crippen LogP contribution in [0, 0.1) is 20.8 Å². The number of aromatic nitrogens is 1. The molecule has 0 spiro atoms. The van der Waals surface area contributed by atoms with E-state index < -0.39 is 0 Å². The SMILES string of the molecule is Cc1ccc(C(CN)Cc2nc(C)c(C)s2)cc1. The smallest absolute Gasteiger partial charge is 0.0937 e. The molecule has 0 aliphatic rings. The number of nitrogens with two attached hydrogens (primary N) is 1. The van der Waals surface area contributed by atoms with Gasteiger partial charge in [0.05, 0.1) is 10.7 Å². The molecule has 0 bridgehead atoms. The van der Waals surface area contributed by atoms with Crippen LogP contribution in [0.25, 0.3) is 0 Å². The average molecular weight is 260 g/mol. The Morgan fingerprint density at radius 2 is 1.83 bits per heavy atom. The molecule has 0 saturated heterocycles. The first kappa shape index (κ1) is 13.2. The molecule has 1 aromatic heterocycles. The Balaban J connectivity index is 2.16. The summed E-state index contributed by atoms with van der Waals surface area (Å²) in [5.74, 6) is 0.371. The molecule has 1 aromatic carbocycles. The van der Waals surface area contributed by atoms with E-state index in [-0.39, 0.29) is 0 Å². The van der Waals surface area contributed by atoms with Crippen molar-refractivity contribution in [1.29, 1.82) is 0 Å². The number of hydrogen-bond donors (Lipinski definition) is 1. The van der Waals surface area contributed by atoms with Crippen LogP contribution in [0.15, 0.2) is 24.3 Å². The minimum atomic E-state index is 0.371. The molecule has 2 N–H and O–H groups in total. The maximum absolute atomic E-state index is 5.91. The maximum Gasteiger partial charge on any atom is 0.0937 e. The number of aryl methyl sites for hydroxylation is 3. The highest BCUT2D eigenvalue weighted by molar-refractivity contribution is 7.11.